The Hall–Kier alpha value is -3.54. The first-order chi connectivity index (χ1) is 17.8. The van der Waals surface area contributed by atoms with Crippen LogP contribution in [0.15, 0.2) is 70.9 Å². The Morgan fingerprint density at radius 3 is 2.59 bits per heavy atom. The Bertz CT molecular complexity index is 1280. The van der Waals surface area contributed by atoms with Crippen LogP contribution in [-0.4, -0.2) is 49.9 Å². The molecule has 1 aliphatic rings. The minimum Gasteiger partial charge on any atom is -0.768 e. The number of amides is 2. The van der Waals surface area contributed by atoms with Crippen LogP contribution in [0.5, 0.6) is 0 Å². The third-order valence-electron chi connectivity index (χ3n) is 6.28. The summed E-state index contributed by atoms with van der Waals surface area (Å²) in [6.07, 6.45) is 1.41. The quantitative estimate of drug-likeness (QED) is 0.177. The number of nitrogen functional groups attached to an aromatic ring is 1. The van der Waals surface area contributed by atoms with Crippen LogP contribution in [0.25, 0.3) is 0 Å². The van der Waals surface area contributed by atoms with Crippen molar-refractivity contribution < 1.29 is 18.4 Å². The lowest BCUT2D eigenvalue weighted by Gasteiger charge is -2.29. The number of rotatable bonds is 10. The third-order valence-corrected chi connectivity index (χ3v) is 7.84. The molecule has 0 bridgehead atoms. The summed E-state index contributed by atoms with van der Waals surface area (Å²) in [5.74, 6) is -0.508. The standard InChI is InChI=1S/C26H29N5O4S2/c27-24(28)18-11-9-17(10-12-18)16-29-25(32)21-6-3-13-31(21)26(33)20(30-23-8-4-14-36-23)15-19-5-1-2-7-22(19)37(34)35/h1-2,4-5,7-12,14,20-21,30H,3,6,13,15-16H2,(H3,27,28)(H,29,32)(H,34,35)/p-1/t20-,21+/m1/s1. The minimum atomic E-state index is -2.43. The molecular formula is C26H28N5O4S2-. The first kappa shape index (κ1) is 26.5. The van der Waals surface area contributed by atoms with Crippen molar-refractivity contribution in [2.24, 2.45) is 5.73 Å². The zero-order valence-electron chi connectivity index (χ0n) is 20.0. The Morgan fingerprint density at radius 2 is 1.92 bits per heavy atom. The topological polar surface area (TPSA) is 151 Å². The van der Waals surface area contributed by atoms with Crippen molar-refractivity contribution in [3.8, 4) is 0 Å². The summed E-state index contributed by atoms with van der Waals surface area (Å²) in [4.78, 5) is 28.6. The van der Waals surface area contributed by atoms with E-state index in [0.29, 0.717) is 30.5 Å². The van der Waals surface area contributed by atoms with Gasteiger partial charge in [0, 0.05) is 30.0 Å². The molecule has 1 aliphatic heterocycles. The number of nitrogens with two attached hydrogens (primary N) is 1. The van der Waals surface area contributed by atoms with Gasteiger partial charge >= 0.3 is 0 Å². The number of benzene rings is 2. The summed E-state index contributed by atoms with van der Waals surface area (Å²) < 4.78 is 23.5. The molecule has 1 unspecified atom stereocenters. The summed E-state index contributed by atoms with van der Waals surface area (Å²) in [6.45, 7) is 0.733. The molecule has 3 aromatic rings. The van der Waals surface area contributed by atoms with Crippen LogP contribution in [-0.2, 0) is 33.6 Å². The van der Waals surface area contributed by atoms with E-state index in [1.807, 2.05) is 17.5 Å². The van der Waals surface area contributed by atoms with Crippen LogP contribution in [0, 0.1) is 5.41 Å². The van der Waals surface area contributed by atoms with Crippen LogP contribution in [0.4, 0.5) is 5.00 Å². The number of likely N-dealkylation sites (tertiary alicyclic amines) is 1. The third kappa shape index (κ3) is 6.62. The van der Waals surface area contributed by atoms with E-state index in [2.05, 4.69) is 10.6 Å². The molecule has 0 spiro atoms. The smallest absolute Gasteiger partial charge is 0.246 e. The zero-order chi connectivity index (χ0) is 26.4. The molecule has 2 amide bonds. The summed E-state index contributed by atoms with van der Waals surface area (Å²) in [7, 11) is 0. The molecule has 5 N–H and O–H groups in total. The molecule has 4 rings (SSSR count). The van der Waals surface area contributed by atoms with E-state index in [1.54, 1.807) is 47.4 Å². The van der Waals surface area contributed by atoms with E-state index in [4.69, 9.17) is 11.1 Å². The Morgan fingerprint density at radius 1 is 1.16 bits per heavy atom. The number of amidine groups is 1. The Kier molecular flexibility index (Phi) is 8.70. The van der Waals surface area contributed by atoms with Crippen molar-refractivity contribution in [1.29, 1.82) is 5.41 Å². The van der Waals surface area contributed by atoms with Crippen LogP contribution in [0.1, 0.15) is 29.5 Å². The SMILES string of the molecule is N=C(N)c1ccc(CNC(=O)[C@@H]2CCCN2C(=O)[C@@H](Cc2ccccc2S(=O)[O-])Nc2cccs2)cc1. The summed E-state index contributed by atoms with van der Waals surface area (Å²) in [6, 6.07) is 16.0. The Labute approximate surface area is 221 Å². The predicted octanol–water partition coefficient (Wildman–Crippen LogP) is 2.60. The first-order valence-electron chi connectivity index (χ1n) is 11.8. The maximum absolute atomic E-state index is 13.7. The molecule has 9 nitrogen and oxygen atoms in total. The second-order valence-corrected chi connectivity index (χ2v) is 10.6. The van der Waals surface area contributed by atoms with Gasteiger partial charge in [0.1, 0.15) is 17.9 Å². The van der Waals surface area contributed by atoms with Crippen molar-refractivity contribution in [3.63, 3.8) is 0 Å². The van der Waals surface area contributed by atoms with E-state index in [1.165, 1.54) is 17.4 Å². The number of carbonyl (C=O) groups is 2. The number of carbonyl (C=O) groups excluding carboxylic acids is 2. The largest absolute Gasteiger partial charge is 0.768 e. The second kappa shape index (κ2) is 12.1. The maximum atomic E-state index is 13.7. The lowest BCUT2D eigenvalue weighted by molar-refractivity contribution is -0.139. The number of thiophene rings is 1. The van der Waals surface area contributed by atoms with Gasteiger partial charge in [0.05, 0.1) is 5.00 Å². The fourth-order valence-electron chi connectivity index (χ4n) is 4.40. The number of nitrogens with zero attached hydrogens (tertiary/aromatic N) is 1. The highest BCUT2D eigenvalue weighted by molar-refractivity contribution is 7.79. The van der Waals surface area contributed by atoms with Gasteiger partial charge in [-0.05, 0) is 58.6 Å². The molecule has 194 valence electrons. The van der Waals surface area contributed by atoms with E-state index in [9.17, 15) is 18.4 Å². The van der Waals surface area contributed by atoms with Crippen molar-refractivity contribution in [1.82, 2.24) is 10.2 Å². The number of anilines is 1. The number of nitrogens with one attached hydrogen (secondary N) is 3. The molecule has 11 heteroatoms. The fraction of sp³-hybridized carbons (Fsp3) is 0.269. The maximum Gasteiger partial charge on any atom is 0.246 e. The van der Waals surface area contributed by atoms with Gasteiger partial charge in [-0.15, -0.1) is 11.3 Å². The number of hydrogen-bond donors (Lipinski definition) is 4. The zero-order valence-corrected chi connectivity index (χ0v) is 21.6. The minimum absolute atomic E-state index is 0.0227. The van der Waals surface area contributed by atoms with Gasteiger partial charge in [0.2, 0.25) is 11.8 Å². The monoisotopic (exact) mass is 538 g/mol. The summed E-state index contributed by atoms with van der Waals surface area (Å²) in [5, 5.41) is 16.3. The Balaban J connectivity index is 1.48. The average molecular weight is 539 g/mol. The van der Waals surface area contributed by atoms with Crippen molar-refractivity contribution in [2.45, 2.75) is 42.8 Å². The van der Waals surface area contributed by atoms with Gasteiger partial charge < -0.3 is 25.8 Å². The molecule has 1 fully saturated rings. The highest BCUT2D eigenvalue weighted by Gasteiger charge is 2.37. The molecule has 1 aromatic heterocycles. The molecule has 0 aliphatic carbocycles. The normalized spacial score (nSPS) is 16.7. The fourth-order valence-corrected chi connectivity index (χ4v) is 5.63. The van der Waals surface area contributed by atoms with E-state index in [0.717, 1.165) is 10.6 Å². The van der Waals surface area contributed by atoms with Crippen molar-refractivity contribution >= 4 is 45.1 Å². The highest BCUT2D eigenvalue weighted by Crippen LogP contribution is 2.24. The molecule has 0 radical (unpaired) electrons. The van der Waals surface area contributed by atoms with Crippen molar-refractivity contribution in [2.75, 3.05) is 11.9 Å². The number of hydrogen-bond acceptors (Lipinski definition) is 7. The van der Waals surface area contributed by atoms with E-state index < -0.39 is 23.2 Å². The lowest BCUT2D eigenvalue weighted by Crippen LogP contribution is -2.51. The molecule has 3 atom stereocenters. The van der Waals surface area contributed by atoms with E-state index >= 15 is 0 Å². The molecule has 0 saturated carbocycles. The predicted molar refractivity (Wildman–Crippen MR) is 143 cm³/mol. The van der Waals surface area contributed by atoms with Gasteiger partial charge in [0.15, 0.2) is 0 Å². The van der Waals surface area contributed by atoms with Gasteiger partial charge in [-0.1, -0.05) is 42.5 Å². The van der Waals surface area contributed by atoms with Crippen LogP contribution >= 0.6 is 11.3 Å². The second-order valence-electron chi connectivity index (χ2n) is 8.74. The van der Waals surface area contributed by atoms with Gasteiger partial charge in [0.25, 0.3) is 0 Å². The molecule has 1 saturated heterocycles. The molecular weight excluding hydrogens is 510 g/mol. The van der Waals surface area contributed by atoms with Crippen LogP contribution < -0.4 is 16.4 Å². The van der Waals surface area contributed by atoms with Gasteiger partial charge in [-0.25, -0.2) is 0 Å². The first-order valence-corrected chi connectivity index (χ1v) is 13.8. The molecule has 37 heavy (non-hydrogen) atoms. The van der Waals surface area contributed by atoms with Gasteiger partial charge in [-0.2, -0.15) is 0 Å². The van der Waals surface area contributed by atoms with Gasteiger partial charge in [-0.3, -0.25) is 19.2 Å². The van der Waals surface area contributed by atoms with Crippen molar-refractivity contribution in [3.05, 3.63) is 82.7 Å². The summed E-state index contributed by atoms with van der Waals surface area (Å²) in [5.41, 5.74) is 7.49. The lowest BCUT2D eigenvalue weighted by atomic mass is 10.0. The van der Waals surface area contributed by atoms with Crippen LogP contribution in [0.2, 0.25) is 0 Å². The van der Waals surface area contributed by atoms with E-state index in [-0.39, 0.29) is 35.5 Å². The van der Waals surface area contributed by atoms with Crippen LogP contribution in [0.3, 0.4) is 0 Å². The average Bonchev–Trinajstić information content (AvgIpc) is 3.59. The molecule has 2 aromatic carbocycles. The summed E-state index contributed by atoms with van der Waals surface area (Å²) >= 11 is -0.989. The highest BCUT2D eigenvalue weighted by atomic mass is 32.2. The molecule has 2 heterocycles.